The van der Waals surface area contributed by atoms with Gasteiger partial charge < -0.3 is 15.0 Å². The number of ether oxygens (including phenoxy) is 1. The van der Waals surface area contributed by atoms with Gasteiger partial charge in [-0.2, -0.15) is 0 Å². The number of methoxy groups -OCH3 is 1. The third-order valence-electron chi connectivity index (χ3n) is 3.99. The van der Waals surface area contributed by atoms with Crippen LogP contribution in [-0.2, 0) is 6.42 Å². The van der Waals surface area contributed by atoms with Crippen LogP contribution in [0.5, 0.6) is 5.75 Å². The molecule has 0 unspecified atom stereocenters. The molecule has 3 aromatic rings. The lowest BCUT2D eigenvalue weighted by atomic mass is 10.1. The molecule has 0 aliphatic heterocycles. The van der Waals surface area contributed by atoms with Gasteiger partial charge in [-0.05, 0) is 24.1 Å². The first-order valence-electron chi connectivity index (χ1n) is 7.76. The average Bonchev–Trinajstić information content (AvgIpc) is 3.04. The first kappa shape index (κ1) is 16.5. The predicted octanol–water partition coefficient (Wildman–Crippen LogP) is 3.06. The van der Waals surface area contributed by atoms with E-state index in [4.69, 9.17) is 4.74 Å². The second kappa shape index (κ2) is 7.04. The van der Waals surface area contributed by atoms with Crippen molar-refractivity contribution >= 4 is 22.5 Å². The van der Waals surface area contributed by atoms with Gasteiger partial charge in [-0.15, -0.1) is 0 Å². The van der Waals surface area contributed by atoms with Gasteiger partial charge in [0, 0.05) is 35.8 Å². The lowest BCUT2D eigenvalue weighted by Crippen LogP contribution is -2.26. The molecule has 1 amide bonds. The van der Waals surface area contributed by atoms with Crippen LogP contribution in [0.3, 0.4) is 0 Å². The van der Waals surface area contributed by atoms with Crippen molar-refractivity contribution in [2.75, 3.05) is 13.7 Å². The SMILES string of the molecule is COc1ccc([N+](=O)[O-])cc1C(=O)NCCc1c[nH]c2ccccc12. The van der Waals surface area contributed by atoms with Crippen LogP contribution < -0.4 is 10.1 Å². The van der Waals surface area contributed by atoms with E-state index in [2.05, 4.69) is 10.3 Å². The maximum Gasteiger partial charge on any atom is 0.270 e. The highest BCUT2D eigenvalue weighted by Crippen LogP contribution is 2.24. The molecule has 0 atom stereocenters. The molecule has 25 heavy (non-hydrogen) atoms. The van der Waals surface area contributed by atoms with Crippen LogP contribution in [0.25, 0.3) is 10.9 Å². The van der Waals surface area contributed by atoms with Crippen molar-refractivity contribution in [3.63, 3.8) is 0 Å². The van der Waals surface area contributed by atoms with Gasteiger partial charge in [0.05, 0.1) is 17.6 Å². The molecule has 0 spiro atoms. The average molecular weight is 339 g/mol. The van der Waals surface area contributed by atoms with E-state index in [0.29, 0.717) is 18.7 Å². The number of para-hydroxylation sites is 1. The van der Waals surface area contributed by atoms with Gasteiger partial charge in [-0.3, -0.25) is 14.9 Å². The number of hydrogen-bond acceptors (Lipinski definition) is 4. The Morgan fingerprint density at radius 3 is 2.84 bits per heavy atom. The molecule has 2 aromatic carbocycles. The van der Waals surface area contributed by atoms with Crippen LogP contribution in [0.4, 0.5) is 5.69 Å². The van der Waals surface area contributed by atoms with Gasteiger partial charge in [-0.1, -0.05) is 18.2 Å². The summed E-state index contributed by atoms with van der Waals surface area (Å²) in [5, 5.41) is 14.8. The van der Waals surface area contributed by atoms with E-state index in [1.165, 1.54) is 25.3 Å². The molecule has 7 nitrogen and oxygen atoms in total. The maximum absolute atomic E-state index is 12.4. The largest absolute Gasteiger partial charge is 0.496 e. The van der Waals surface area contributed by atoms with Crippen molar-refractivity contribution in [3.05, 3.63) is 69.9 Å². The van der Waals surface area contributed by atoms with E-state index in [1.54, 1.807) is 0 Å². The topological polar surface area (TPSA) is 97.3 Å². The Morgan fingerprint density at radius 1 is 1.28 bits per heavy atom. The summed E-state index contributed by atoms with van der Waals surface area (Å²) in [6.07, 6.45) is 2.57. The van der Waals surface area contributed by atoms with Crippen LogP contribution >= 0.6 is 0 Å². The predicted molar refractivity (Wildman–Crippen MR) is 94.0 cm³/mol. The van der Waals surface area contributed by atoms with Crippen LogP contribution in [0.1, 0.15) is 15.9 Å². The van der Waals surface area contributed by atoms with Crippen molar-refractivity contribution in [1.29, 1.82) is 0 Å². The highest BCUT2D eigenvalue weighted by atomic mass is 16.6. The summed E-state index contributed by atoms with van der Waals surface area (Å²) in [5.41, 5.74) is 2.14. The van der Waals surface area contributed by atoms with E-state index in [-0.39, 0.29) is 11.3 Å². The van der Waals surface area contributed by atoms with Crippen molar-refractivity contribution in [2.45, 2.75) is 6.42 Å². The Morgan fingerprint density at radius 2 is 2.08 bits per heavy atom. The first-order valence-corrected chi connectivity index (χ1v) is 7.76. The van der Waals surface area contributed by atoms with E-state index in [1.807, 2.05) is 30.5 Å². The molecule has 0 saturated heterocycles. The van der Waals surface area contributed by atoms with Crippen molar-refractivity contribution < 1.29 is 14.5 Å². The van der Waals surface area contributed by atoms with E-state index < -0.39 is 10.8 Å². The molecule has 3 rings (SSSR count). The summed E-state index contributed by atoms with van der Waals surface area (Å²) in [4.78, 5) is 25.9. The molecule has 0 bridgehead atoms. The molecule has 1 heterocycles. The minimum atomic E-state index is -0.540. The highest BCUT2D eigenvalue weighted by molar-refractivity contribution is 5.97. The van der Waals surface area contributed by atoms with Crippen LogP contribution in [0.2, 0.25) is 0 Å². The maximum atomic E-state index is 12.4. The third-order valence-corrected chi connectivity index (χ3v) is 3.99. The zero-order valence-electron chi connectivity index (χ0n) is 13.6. The summed E-state index contributed by atoms with van der Waals surface area (Å²) in [7, 11) is 1.42. The summed E-state index contributed by atoms with van der Waals surface area (Å²) in [5.74, 6) is -0.101. The molecule has 0 fully saturated rings. The Hall–Kier alpha value is -3.35. The number of H-pyrrole nitrogens is 1. The number of carbonyl (C=O) groups excluding carboxylic acids is 1. The van der Waals surface area contributed by atoms with Crippen molar-refractivity contribution in [1.82, 2.24) is 10.3 Å². The number of amides is 1. The second-order valence-corrected chi connectivity index (χ2v) is 5.51. The minimum absolute atomic E-state index is 0.149. The lowest BCUT2D eigenvalue weighted by Gasteiger charge is -2.09. The highest BCUT2D eigenvalue weighted by Gasteiger charge is 2.17. The number of nitrogens with zero attached hydrogens (tertiary/aromatic N) is 1. The smallest absolute Gasteiger partial charge is 0.270 e. The fraction of sp³-hybridized carbons (Fsp3) is 0.167. The molecule has 0 aliphatic rings. The van der Waals surface area contributed by atoms with Gasteiger partial charge in [-0.25, -0.2) is 0 Å². The monoisotopic (exact) mass is 339 g/mol. The molecule has 2 N–H and O–H groups in total. The van der Waals surface area contributed by atoms with E-state index in [9.17, 15) is 14.9 Å². The van der Waals surface area contributed by atoms with Crippen LogP contribution in [0, 0.1) is 10.1 Å². The number of nitro groups is 1. The quantitative estimate of drug-likeness (QED) is 0.533. The Bertz CT molecular complexity index is 933. The summed E-state index contributed by atoms with van der Waals surface area (Å²) < 4.78 is 5.12. The number of non-ortho nitro benzene ring substituents is 1. The Balaban J connectivity index is 1.70. The van der Waals surface area contributed by atoms with E-state index in [0.717, 1.165) is 16.5 Å². The van der Waals surface area contributed by atoms with Gasteiger partial charge in [0.1, 0.15) is 5.75 Å². The summed E-state index contributed by atoms with van der Waals surface area (Å²) >= 11 is 0. The Labute approximate surface area is 143 Å². The third kappa shape index (κ3) is 3.45. The molecule has 0 saturated carbocycles. The van der Waals surface area contributed by atoms with Crippen LogP contribution in [-0.4, -0.2) is 29.5 Å². The minimum Gasteiger partial charge on any atom is -0.496 e. The number of nitrogens with one attached hydrogen (secondary N) is 2. The van der Waals surface area contributed by atoms with Gasteiger partial charge >= 0.3 is 0 Å². The van der Waals surface area contributed by atoms with Crippen LogP contribution in [0.15, 0.2) is 48.7 Å². The van der Waals surface area contributed by atoms with E-state index >= 15 is 0 Å². The normalized spacial score (nSPS) is 10.6. The molecule has 0 radical (unpaired) electrons. The number of fused-ring (bicyclic) bond motifs is 1. The number of rotatable bonds is 6. The van der Waals surface area contributed by atoms with Crippen molar-refractivity contribution in [2.24, 2.45) is 0 Å². The number of benzene rings is 2. The molecular weight excluding hydrogens is 322 g/mol. The number of nitro benzene ring substituents is 1. The first-order chi connectivity index (χ1) is 12.1. The zero-order chi connectivity index (χ0) is 17.8. The second-order valence-electron chi connectivity index (χ2n) is 5.51. The lowest BCUT2D eigenvalue weighted by molar-refractivity contribution is -0.384. The molecule has 7 heteroatoms. The molecular formula is C18H17N3O4. The summed E-state index contributed by atoms with van der Waals surface area (Å²) in [6.45, 7) is 0.409. The Kier molecular flexibility index (Phi) is 4.65. The van der Waals surface area contributed by atoms with Gasteiger partial charge in [0.2, 0.25) is 0 Å². The number of carbonyl (C=O) groups is 1. The fourth-order valence-electron chi connectivity index (χ4n) is 2.73. The number of aromatic nitrogens is 1. The zero-order valence-corrected chi connectivity index (χ0v) is 13.6. The van der Waals surface area contributed by atoms with Gasteiger partial charge in [0.15, 0.2) is 0 Å². The molecule has 0 aliphatic carbocycles. The summed E-state index contributed by atoms with van der Waals surface area (Å²) in [6, 6.07) is 11.9. The fourth-order valence-corrected chi connectivity index (χ4v) is 2.73. The molecule has 1 aromatic heterocycles. The standard InChI is InChI=1S/C18H17N3O4/c1-25-17-7-6-13(21(23)24)10-15(17)18(22)19-9-8-12-11-20-16-5-3-2-4-14(12)16/h2-7,10-11,20H,8-9H2,1H3,(H,19,22). The number of aromatic amines is 1. The van der Waals surface area contributed by atoms with Crippen molar-refractivity contribution in [3.8, 4) is 5.75 Å². The van der Waals surface area contributed by atoms with Gasteiger partial charge in [0.25, 0.3) is 11.6 Å². The number of hydrogen-bond donors (Lipinski definition) is 2. The molecule has 128 valence electrons.